The van der Waals surface area contributed by atoms with Crippen molar-refractivity contribution in [1.29, 1.82) is 0 Å². The molecule has 3 aromatic rings. The zero-order valence-corrected chi connectivity index (χ0v) is 25.7. The van der Waals surface area contributed by atoms with E-state index in [4.69, 9.17) is 23.2 Å². The molecule has 0 spiro atoms. The van der Waals surface area contributed by atoms with Crippen molar-refractivity contribution in [2.75, 3.05) is 10.8 Å². The monoisotopic (exact) mass is 634 g/mol. The molecular weight excluding hydrogens is 603 g/mol. The molecule has 0 aliphatic rings. The predicted octanol–water partition coefficient (Wildman–Crippen LogP) is 5.82. The van der Waals surface area contributed by atoms with Gasteiger partial charge in [-0.2, -0.15) is 0 Å². The number of rotatable bonds is 13. The van der Waals surface area contributed by atoms with E-state index in [9.17, 15) is 28.1 Å². The minimum absolute atomic E-state index is 0.0457. The highest BCUT2D eigenvalue weighted by Crippen LogP contribution is 2.28. The van der Waals surface area contributed by atoms with E-state index < -0.39 is 33.4 Å². The van der Waals surface area contributed by atoms with Gasteiger partial charge in [-0.15, -0.1) is 0 Å². The van der Waals surface area contributed by atoms with Gasteiger partial charge in [0.25, 0.3) is 15.7 Å². The van der Waals surface area contributed by atoms with Gasteiger partial charge in [0.05, 0.1) is 25.6 Å². The van der Waals surface area contributed by atoms with E-state index in [1.807, 2.05) is 13.8 Å². The third kappa shape index (κ3) is 7.99. The number of anilines is 1. The number of non-ortho nitro benzene ring substituents is 1. The summed E-state index contributed by atoms with van der Waals surface area (Å²) < 4.78 is 28.5. The lowest BCUT2D eigenvalue weighted by Gasteiger charge is -2.33. The topological polar surface area (TPSA) is 130 Å². The van der Waals surface area contributed by atoms with Crippen LogP contribution in [0.4, 0.5) is 11.4 Å². The first-order valence-electron chi connectivity index (χ1n) is 13.2. The van der Waals surface area contributed by atoms with Gasteiger partial charge in [0.15, 0.2) is 0 Å². The minimum atomic E-state index is -4.30. The molecule has 0 aliphatic heterocycles. The van der Waals surface area contributed by atoms with Crippen molar-refractivity contribution >= 4 is 56.4 Å². The van der Waals surface area contributed by atoms with E-state index in [0.29, 0.717) is 17.0 Å². The van der Waals surface area contributed by atoms with Crippen LogP contribution in [-0.2, 0) is 26.2 Å². The fourth-order valence-corrected chi connectivity index (χ4v) is 5.94. The number of carbonyl (C=O) groups excluding carboxylic acids is 2. The number of halogens is 2. The molecule has 1 N–H and O–H groups in total. The molecule has 13 heteroatoms. The summed E-state index contributed by atoms with van der Waals surface area (Å²) in [5.41, 5.74) is 0.390. The molecule has 3 rings (SSSR count). The average Bonchev–Trinajstić information content (AvgIpc) is 2.97. The van der Waals surface area contributed by atoms with Crippen LogP contribution in [-0.4, -0.2) is 48.7 Å². The lowest BCUT2D eigenvalue weighted by atomic mass is 10.1. The molecule has 42 heavy (non-hydrogen) atoms. The first kappa shape index (κ1) is 32.8. The zero-order valence-electron chi connectivity index (χ0n) is 23.4. The number of sulfonamides is 1. The number of carbonyl (C=O) groups is 2. The first-order valence-corrected chi connectivity index (χ1v) is 15.4. The van der Waals surface area contributed by atoms with E-state index in [-0.39, 0.29) is 46.2 Å². The van der Waals surface area contributed by atoms with Crippen LogP contribution in [0.25, 0.3) is 0 Å². The summed E-state index contributed by atoms with van der Waals surface area (Å²) in [5, 5.41) is 14.7. The van der Waals surface area contributed by atoms with Crippen LogP contribution >= 0.6 is 23.2 Å². The fourth-order valence-electron chi connectivity index (χ4n) is 4.18. The largest absolute Gasteiger partial charge is 0.352 e. The van der Waals surface area contributed by atoms with Crippen LogP contribution < -0.4 is 9.62 Å². The molecule has 0 fully saturated rings. The maximum absolute atomic E-state index is 14.1. The highest BCUT2D eigenvalue weighted by molar-refractivity contribution is 7.92. The number of hydrogen-bond acceptors (Lipinski definition) is 6. The molecular formula is C29H32Cl2N4O6S. The molecule has 224 valence electrons. The van der Waals surface area contributed by atoms with Gasteiger partial charge in [-0.3, -0.25) is 24.0 Å². The van der Waals surface area contributed by atoms with Gasteiger partial charge < -0.3 is 10.2 Å². The molecule has 2 atom stereocenters. The van der Waals surface area contributed by atoms with Gasteiger partial charge in [-0.05, 0) is 61.7 Å². The Morgan fingerprint density at radius 1 is 0.952 bits per heavy atom. The van der Waals surface area contributed by atoms with E-state index in [2.05, 4.69) is 5.32 Å². The number of amides is 2. The Morgan fingerprint density at radius 2 is 1.60 bits per heavy atom. The highest BCUT2D eigenvalue weighted by atomic mass is 35.5. The van der Waals surface area contributed by atoms with Crippen LogP contribution in [0.3, 0.4) is 0 Å². The van der Waals surface area contributed by atoms with Crippen molar-refractivity contribution in [3.8, 4) is 0 Å². The Bertz CT molecular complexity index is 1520. The second kappa shape index (κ2) is 14.5. The quantitative estimate of drug-likeness (QED) is 0.186. The Labute approximate surface area is 255 Å². The van der Waals surface area contributed by atoms with Crippen LogP contribution in [0.1, 0.15) is 39.2 Å². The number of benzene rings is 3. The van der Waals surface area contributed by atoms with Crippen LogP contribution in [0.2, 0.25) is 10.0 Å². The first-order chi connectivity index (χ1) is 19.9. The predicted molar refractivity (Wildman–Crippen MR) is 163 cm³/mol. The van der Waals surface area contributed by atoms with Crippen molar-refractivity contribution in [2.24, 2.45) is 0 Å². The van der Waals surface area contributed by atoms with E-state index in [1.165, 1.54) is 29.2 Å². The van der Waals surface area contributed by atoms with Crippen LogP contribution in [0.15, 0.2) is 77.7 Å². The number of nitro groups is 1. The molecule has 0 unspecified atom stereocenters. The molecule has 2 amide bonds. The third-order valence-electron chi connectivity index (χ3n) is 6.68. The Kier molecular flexibility index (Phi) is 11.3. The molecule has 0 bridgehead atoms. The second-order valence-electron chi connectivity index (χ2n) is 9.61. The summed E-state index contributed by atoms with van der Waals surface area (Å²) in [5.74, 6) is -1.04. The Hall–Kier alpha value is -3.67. The average molecular weight is 636 g/mol. The maximum Gasteiger partial charge on any atom is 0.269 e. The molecule has 0 saturated heterocycles. The van der Waals surface area contributed by atoms with Gasteiger partial charge in [-0.25, -0.2) is 8.42 Å². The van der Waals surface area contributed by atoms with Crippen molar-refractivity contribution < 1.29 is 22.9 Å². The molecule has 0 heterocycles. The van der Waals surface area contributed by atoms with E-state index >= 15 is 0 Å². The van der Waals surface area contributed by atoms with Crippen molar-refractivity contribution in [3.63, 3.8) is 0 Å². The summed E-state index contributed by atoms with van der Waals surface area (Å²) in [7, 11) is -4.30. The second-order valence-corrected chi connectivity index (χ2v) is 12.3. The summed E-state index contributed by atoms with van der Waals surface area (Å²) in [6.45, 7) is 4.79. The normalized spacial score (nSPS) is 12.7. The fraction of sp³-hybridized carbons (Fsp3) is 0.310. The summed E-state index contributed by atoms with van der Waals surface area (Å²) in [6, 6.07) is 16.1. The lowest BCUT2D eigenvalue weighted by Crippen LogP contribution is -2.53. The zero-order chi connectivity index (χ0) is 31.0. The van der Waals surface area contributed by atoms with Gasteiger partial charge in [-0.1, -0.05) is 61.3 Å². The number of hydrogen-bond donors (Lipinski definition) is 1. The molecule has 0 aromatic heterocycles. The standard InChI is InChI=1S/C29H32Cl2N4O6S/c1-4-20(3)32-29(37)27(5-2)33(18-21-11-16-25(30)26(31)17-21)28(36)19-34(22-12-14-23(15-13-22)35(38)39)42(40,41)24-9-7-6-8-10-24/h6-17,20,27H,4-5,18-19H2,1-3H3,(H,32,37)/t20-,27-/m0/s1. The lowest BCUT2D eigenvalue weighted by molar-refractivity contribution is -0.384. The Morgan fingerprint density at radius 3 is 2.14 bits per heavy atom. The van der Waals surface area contributed by atoms with Crippen molar-refractivity contribution in [2.45, 2.75) is 57.1 Å². The molecule has 0 aliphatic carbocycles. The number of nitrogens with one attached hydrogen (secondary N) is 1. The van der Waals surface area contributed by atoms with Gasteiger partial charge in [0.1, 0.15) is 12.6 Å². The molecule has 3 aromatic carbocycles. The van der Waals surface area contributed by atoms with E-state index in [0.717, 1.165) is 16.4 Å². The third-order valence-corrected chi connectivity index (χ3v) is 9.21. The Balaban J connectivity index is 2.08. The van der Waals surface area contributed by atoms with Gasteiger partial charge in [0.2, 0.25) is 11.8 Å². The summed E-state index contributed by atoms with van der Waals surface area (Å²) >= 11 is 12.3. The summed E-state index contributed by atoms with van der Waals surface area (Å²) in [4.78, 5) is 39.2. The van der Waals surface area contributed by atoms with Gasteiger partial charge in [0, 0.05) is 24.7 Å². The highest BCUT2D eigenvalue weighted by Gasteiger charge is 2.34. The molecule has 0 radical (unpaired) electrons. The van der Waals surface area contributed by atoms with Crippen molar-refractivity contribution in [3.05, 3.63) is 98.5 Å². The van der Waals surface area contributed by atoms with Crippen molar-refractivity contribution in [1.82, 2.24) is 10.2 Å². The number of nitrogens with zero attached hydrogens (tertiary/aromatic N) is 3. The SMILES string of the molecule is CC[C@H](C)NC(=O)[C@H](CC)N(Cc1ccc(Cl)c(Cl)c1)C(=O)CN(c1ccc([N+](=O)[O-])cc1)S(=O)(=O)c1ccccc1. The summed E-state index contributed by atoms with van der Waals surface area (Å²) in [6.07, 6.45) is 0.921. The molecule has 10 nitrogen and oxygen atoms in total. The van der Waals surface area contributed by atoms with Crippen LogP contribution in [0, 0.1) is 10.1 Å². The van der Waals surface area contributed by atoms with Crippen LogP contribution in [0.5, 0.6) is 0 Å². The molecule has 0 saturated carbocycles. The van der Waals surface area contributed by atoms with E-state index in [1.54, 1.807) is 43.3 Å². The maximum atomic E-state index is 14.1. The minimum Gasteiger partial charge on any atom is -0.352 e. The number of nitro benzene ring substituents is 1. The van der Waals surface area contributed by atoms with Gasteiger partial charge >= 0.3 is 0 Å². The smallest absolute Gasteiger partial charge is 0.269 e.